The molecule has 0 spiro atoms. The van der Waals surface area contributed by atoms with Crippen LogP contribution in [-0.2, 0) is 6.52 Å². The smallest absolute Gasteiger partial charge is 0.162 e. The normalized spacial score (nSPS) is 26.5. The second-order valence-electron chi connectivity index (χ2n) is 6.11. The molecule has 28 heavy (non-hydrogen) atoms. The fourth-order valence-corrected chi connectivity index (χ4v) is 3.65. The van der Waals surface area contributed by atoms with Gasteiger partial charge in [0.05, 0.1) is 23.9 Å². The molecule has 0 bridgehead atoms. The largest absolute Gasteiger partial charge is 0.367 e. The van der Waals surface area contributed by atoms with Crippen LogP contribution in [0.5, 0.6) is 0 Å². The van der Waals surface area contributed by atoms with Crippen LogP contribution in [0, 0.1) is 11.3 Å². The molecule has 0 saturated carbocycles. The van der Waals surface area contributed by atoms with Gasteiger partial charge in [0.2, 0.25) is 0 Å². The molecule has 1 saturated heterocycles. The zero-order chi connectivity index (χ0) is 31.6. The molecule has 144 valence electrons. The molecule has 1 fully saturated rings. The van der Waals surface area contributed by atoms with Crippen LogP contribution in [0.1, 0.15) is 66.3 Å². The first kappa shape index (κ1) is 8.48. The Morgan fingerprint density at radius 3 is 3.14 bits per heavy atom. The number of fused-ring (bicyclic) bond motifs is 1. The van der Waals surface area contributed by atoms with Crippen LogP contribution in [-0.4, -0.2) is 34.0 Å². The third-order valence-corrected chi connectivity index (χ3v) is 5.24. The third-order valence-electron chi connectivity index (χ3n) is 4.22. The average molecular weight is 406 g/mol. The molecular weight excluding hydrogens is 366 g/mol. The molecular formula is C22H25N5S. The van der Waals surface area contributed by atoms with E-state index in [1.54, 1.807) is 11.0 Å². The van der Waals surface area contributed by atoms with Crippen molar-refractivity contribution < 1.29 is 19.2 Å². The highest BCUT2D eigenvalue weighted by atomic mass is 32.1. The Morgan fingerprint density at radius 2 is 2.36 bits per heavy atom. The van der Waals surface area contributed by atoms with Crippen LogP contribution in [0.3, 0.4) is 0 Å². The van der Waals surface area contributed by atoms with Gasteiger partial charge in [0, 0.05) is 41.5 Å². The van der Waals surface area contributed by atoms with Gasteiger partial charge in [0.15, 0.2) is 1.41 Å². The predicted molar refractivity (Wildman–Crippen MR) is 115 cm³/mol. The molecule has 0 aliphatic carbocycles. The van der Waals surface area contributed by atoms with Crippen LogP contribution < -0.4 is 5.31 Å². The van der Waals surface area contributed by atoms with E-state index in [1.165, 1.54) is 0 Å². The standard InChI is InChI=1S/C22H25N5S/c1-15(2)20-11-19-21(24-14-25-22(19)28-20)26-18-6-8-27(9-7-18)13-17-5-3-4-16(10-17)12-23/h3-5,10-11,14-15,18H,6-9,13H2,1-2H3,(H,24,25,26)/i1D3,2D3,4D,5D,10D,11D,13D,15D,18D/hD. The summed E-state index contributed by atoms with van der Waals surface area (Å²) in [6.45, 7) is -7.75. The van der Waals surface area contributed by atoms with Crippen molar-refractivity contribution in [3.05, 3.63) is 52.6 Å². The van der Waals surface area contributed by atoms with Crippen molar-refractivity contribution >= 4 is 27.4 Å². The van der Waals surface area contributed by atoms with Crippen LogP contribution in [0.25, 0.3) is 10.2 Å². The van der Waals surface area contributed by atoms with Gasteiger partial charge in [0.25, 0.3) is 0 Å². The lowest BCUT2D eigenvalue weighted by atomic mass is 10.0. The molecule has 1 aliphatic heterocycles. The van der Waals surface area contributed by atoms with E-state index in [0.717, 1.165) is 17.7 Å². The second-order valence-corrected chi connectivity index (χ2v) is 7.11. The Balaban J connectivity index is 1.67. The number of thiophene rings is 1. The Morgan fingerprint density at radius 1 is 1.50 bits per heavy atom. The number of aromatic nitrogens is 2. The number of hydrogen-bond acceptors (Lipinski definition) is 6. The number of nitriles is 1. The van der Waals surface area contributed by atoms with Gasteiger partial charge >= 0.3 is 0 Å². The molecule has 1 N–H and O–H groups in total. The minimum atomic E-state index is -3.33. The van der Waals surface area contributed by atoms with Crippen molar-refractivity contribution in [1.29, 1.82) is 5.26 Å². The Kier molecular flexibility index (Phi) is 2.50. The topological polar surface area (TPSA) is 64.8 Å². The monoisotopic (exact) mass is 405 g/mol. The van der Waals surface area contributed by atoms with Crippen LogP contribution in [0.4, 0.5) is 5.82 Å². The van der Waals surface area contributed by atoms with Gasteiger partial charge in [-0.05, 0) is 42.4 Å². The first-order chi connectivity index (χ1) is 19.3. The molecule has 2 aromatic heterocycles. The second kappa shape index (κ2) is 8.26. The molecule has 6 heteroatoms. The Hall–Kier alpha value is -2.49. The number of benzene rings is 1. The van der Waals surface area contributed by atoms with Crippen molar-refractivity contribution in [1.82, 2.24) is 14.9 Å². The van der Waals surface area contributed by atoms with Gasteiger partial charge in [-0.25, -0.2) is 9.97 Å². The van der Waals surface area contributed by atoms with E-state index in [4.69, 9.17) is 19.2 Å². The summed E-state index contributed by atoms with van der Waals surface area (Å²) in [6.07, 6.45) is 0.982. The summed E-state index contributed by atoms with van der Waals surface area (Å²) in [5.74, 6) is -3.38. The fourth-order valence-electron chi connectivity index (χ4n) is 2.86. The van der Waals surface area contributed by atoms with Crippen molar-refractivity contribution in [2.45, 2.75) is 45.0 Å². The van der Waals surface area contributed by atoms with E-state index < -0.39 is 43.1 Å². The van der Waals surface area contributed by atoms with E-state index in [2.05, 4.69) is 9.97 Å². The highest BCUT2D eigenvalue weighted by Gasteiger charge is 2.21. The summed E-state index contributed by atoms with van der Waals surface area (Å²) >= 11 is 0.548. The highest BCUT2D eigenvalue weighted by Crippen LogP contribution is 2.33. The minimum Gasteiger partial charge on any atom is -0.367 e. The van der Waals surface area contributed by atoms with E-state index in [-0.39, 0.29) is 71.2 Å². The molecule has 4 rings (SSSR count). The molecule has 3 heterocycles. The van der Waals surface area contributed by atoms with E-state index in [0.29, 0.717) is 11.3 Å². The lowest BCUT2D eigenvalue weighted by Gasteiger charge is -2.32. The van der Waals surface area contributed by atoms with Crippen LogP contribution >= 0.6 is 11.3 Å². The average Bonchev–Trinajstić information content (AvgIpc) is 3.23. The maximum absolute atomic E-state index is 9.30. The summed E-state index contributed by atoms with van der Waals surface area (Å²) in [7, 11) is 0. The van der Waals surface area contributed by atoms with Crippen molar-refractivity contribution in [2.75, 3.05) is 18.4 Å². The predicted octanol–water partition coefficient (Wildman–Crippen LogP) is 4.76. The fraction of sp³-hybridized carbons (Fsp3) is 0.409. The maximum Gasteiger partial charge on any atom is 0.162 e. The summed E-state index contributed by atoms with van der Waals surface area (Å²) in [5, 5.41) is 9.89. The zero-order valence-electron chi connectivity index (χ0n) is 28.7. The highest BCUT2D eigenvalue weighted by molar-refractivity contribution is 7.18. The van der Waals surface area contributed by atoms with Gasteiger partial charge in [0.1, 0.15) is 17.0 Å². The number of nitrogens with zero attached hydrogens (tertiary/aromatic N) is 4. The molecule has 1 aliphatic rings. The van der Waals surface area contributed by atoms with Gasteiger partial charge < -0.3 is 5.31 Å². The number of nitrogens with one attached hydrogen (secondary N) is 1. The molecule has 1 atom stereocenters. The first-order valence-electron chi connectivity index (χ1n) is 15.5. The molecule has 0 amide bonds. The molecule has 1 unspecified atom stereocenters. The Bertz CT molecular complexity index is 1540. The van der Waals surface area contributed by atoms with Gasteiger partial charge in [-0.3, -0.25) is 4.90 Å². The van der Waals surface area contributed by atoms with E-state index in [1.807, 2.05) is 0 Å². The van der Waals surface area contributed by atoms with E-state index in [9.17, 15) is 5.26 Å². The lowest BCUT2D eigenvalue weighted by Crippen LogP contribution is -2.38. The summed E-state index contributed by atoms with van der Waals surface area (Å²) in [4.78, 5) is 9.07. The number of likely N-dealkylation sites (tertiary alicyclic amines) is 1. The first-order valence-corrected chi connectivity index (χ1v) is 9.32. The van der Waals surface area contributed by atoms with Gasteiger partial charge in [-0.1, -0.05) is 25.8 Å². The van der Waals surface area contributed by atoms with Crippen LogP contribution in [0.15, 0.2) is 36.6 Å². The van der Waals surface area contributed by atoms with E-state index >= 15 is 0 Å². The molecule has 3 aromatic rings. The van der Waals surface area contributed by atoms with Crippen molar-refractivity contribution in [3.63, 3.8) is 0 Å². The van der Waals surface area contributed by atoms with Gasteiger partial charge in [-0.15, -0.1) is 11.3 Å². The number of hydrogen-bond donors (Lipinski definition) is 1. The molecule has 5 nitrogen and oxygen atoms in total. The Labute approximate surface area is 189 Å². The lowest BCUT2D eigenvalue weighted by molar-refractivity contribution is 0.211. The zero-order valence-corrected chi connectivity index (χ0v) is 15.5. The SMILES string of the molecule is [2H]c1cc([2H])c(C([2H])N2CCC([2H])(N([2H])c3ncnc4sc(C([2H])(C([2H])([2H])[2H])C([2H])([2H])[2H])c([2H])c34)CC2)c([2H])c1C#N. The minimum absolute atomic E-state index is 0.00767. The summed E-state index contributed by atoms with van der Waals surface area (Å²) in [6, 6.07) is -0.292. The summed E-state index contributed by atoms with van der Waals surface area (Å²) in [5.41, 5.74) is -0.294. The van der Waals surface area contributed by atoms with Crippen molar-refractivity contribution in [2.24, 2.45) is 0 Å². The maximum atomic E-state index is 9.30. The van der Waals surface area contributed by atoms with Gasteiger partial charge in [-0.2, -0.15) is 5.26 Å². The van der Waals surface area contributed by atoms with Crippen molar-refractivity contribution in [3.8, 4) is 6.07 Å². The third kappa shape index (κ3) is 4.16. The number of piperidine rings is 1. The quantitative estimate of drug-likeness (QED) is 0.663. The summed E-state index contributed by atoms with van der Waals surface area (Å²) < 4.78 is 115. The van der Waals surface area contributed by atoms with Crippen LogP contribution in [0.2, 0.25) is 1.41 Å². The molecule has 1 aromatic carbocycles. The number of anilines is 1. The number of rotatable bonds is 5. The molecule has 0 radical (unpaired) electrons.